The number of carbonyl (C=O) groups is 1. The predicted octanol–water partition coefficient (Wildman–Crippen LogP) is 4.45. The van der Waals surface area contributed by atoms with Crippen LogP contribution in [0.15, 0.2) is 46.9 Å². The Bertz CT molecular complexity index is 704. The smallest absolute Gasteiger partial charge is 0.246 e. The van der Waals surface area contributed by atoms with Gasteiger partial charge in [-0.2, -0.15) is 0 Å². The van der Waals surface area contributed by atoms with E-state index in [0.717, 1.165) is 21.3 Å². The van der Waals surface area contributed by atoms with E-state index in [1.807, 2.05) is 49.4 Å². The Morgan fingerprint density at radius 3 is 2.76 bits per heavy atom. The maximum atomic E-state index is 12.2. The lowest BCUT2D eigenvalue weighted by Gasteiger charge is -2.20. The van der Waals surface area contributed by atoms with E-state index in [1.165, 1.54) is 0 Å². The van der Waals surface area contributed by atoms with Gasteiger partial charge in [-0.1, -0.05) is 51.8 Å². The third-order valence-electron chi connectivity index (χ3n) is 3.65. The van der Waals surface area contributed by atoms with Crippen LogP contribution in [0.2, 0.25) is 5.02 Å². The molecule has 21 heavy (non-hydrogen) atoms. The molecule has 1 amide bonds. The molecule has 0 saturated carbocycles. The van der Waals surface area contributed by atoms with E-state index in [0.29, 0.717) is 5.02 Å². The van der Waals surface area contributed by atoms with Gasteiger partial charge in [-0.05, 0) is 30.7 Å². The van der Waals surface area contributed by atoms with Gasteiger partial charge in [0.1, 0.15) is 6.04 Å². The highest BCUT2D eigenvalue weighted by Gasteiger charge is 2.33. The minimum Gasteiger partial charge on any atom is -0.324 e. The van der Waals surface area contributed by atoms with Crippen molar-refractivity contribution < 1.29 is 4.79 Å². The molecule has 0 bridgehead atoms. The molecule has 1 aliphatic rings. The molecule has 1 heterocycles. The highest BCUT2D eigenvalue weighted by molar-refractivity contribution is 9.10. The van der Waals surface area contributed by atoms with Crippen molar-refractivity contribution in [2.75, 3.05) is 5.32 Å². The number of hydrogen-bond acceptors (Lipinski definition) is 2. The van der Waals surface area contributed by atoms with Crippen LogP contribution in [0.4, 0.5) is 5.69 Å². The standard InChI is InChI=1S/C16H14BrClN2O/c1-9(10-5-2-3-7-12(10)18)19-15-14-11(17)6-4-8-13(14)20-16(15)21/h2-9,15,19H,1H3,(H,20,21). The molecule has 2 atom stereocenters. The number of hydrogen-bond donors (Lipinski definition) is 2. The molecular formula is C16H14BrClN2O. The summed E-state index contributed by atoms with van der Waals surface area (Å²) in [6, 6.07) is 13.0. The quantitative estimate of drug-likeness (QED) is 0.844. The molecule has 0 spiro atoms. The second-order valence-corrected chi connectivity index (χ2v) is 6.29. The fraction of sp³-hybridized carbons (Fsp3) is 0.188. The number of benzene rings is 2. The third-order valence-corrected chi connectivity index (χ3v) is 4.69. The molecular weight excluding hydrogens is 352 g/mol. The topological polar surface area (TPSA) is 41.1 Å². The zero-order valence-electron chi connectivity index (χ0n) is 11.4. The lowest BCUT2D eigenvalue weighted by atomic mass is 10.0. The average Bonchev–Trinajstić information content (AvgIpc) is 2.77. The minimum atomic E-state index is -0.387. The molecule has 0 saturated heterocycles. The number of fused-ring (bicyclic) bond motifs is 1. The van der Waals surface area contributed by atoms with Crippen molar-refractivity contribution >= 4 is 39.1 Å². The van der Waals surface area contributed by atoms with Crippen LogP contribution >= 0.6 is 27.5 Å². The lowest BCUT2D eigenvalue weighted by molar-refractivity contribution is -0.117. The van der Waals surface area contributed by atoms with Crippen LogP contribution in [0, 0.1) is 0 Å². The molecule has 5 heteroatoms. The van der Waals surface area contributed by atoms with Crippen LogP contribution in [0.3, 0.4) is 0 Å². The minimum absolute atomic E-state index is 0.0347. The fourth-order valence-corrected chi connectivity index (χ4v) is 3.49. The highest BCUT2D eigenvalue weighted by atomic mass is 79.9. The van der Waals surface area contributed by atoms with E-state index in [-0.39, 0.29) is 18.0 Å². The molecule has 1 aliphatic heterocycles. The van der Waals surface area contributed by atoms with Crippen molar-refractivity contribution in [3.8, 4) is 0 Å². The number of halogens is 2. The summed E-state index contributed by atoms with van der Waals surface area (Å²) in [5, 5.41) is 6.95. The van der Waals surface area contributed by atoms with Gasteiger partial charge in [0.2, 0.25) is 5.91 Å². The largest absolute Gasteiger partial charge is 0.324 e. The van der Waals surface area contributed by atoms with Gasteiger partial charge in [-0.3, -0.25) is 10.1 Å². The van der Waals surface area contributed by atoms with Crippen LogP contribution in [0.25, 0.3) is 0 Å². The number of anilines is 1. The summed E-state index contributed by atoms with van der Waals surface area (Å²) >= 11 is 9.74. The monoisotopic (exact) mass is 364 g/mol. The second-order valence-electron chi connectivity index (χ2n) is 5.03. The molecule has 2 unspecified atom stereocenters. The summed E-state index contributed by atoms with van der Waals surface area (Å²) < 4.78 is 0.919. The Labute approximate surface area is 136 Å². The van der Waals surface area contributed by atoms with Crippen molar-refractivity contribution in [2.45, 2.75) is 19.0 Å². The predicted molar refractivity (Wildman–Crippen MR) is 88.5 cm³/mol. The zero-order valence-corrected chi connectivity index (χ0v) is 13.7. The van der Waals surface area contributed by atoms with Gasteiger partial charge in [-0.15, -0.1) is 0 Å². The molecule has 2 aromatic rings. The van der Waals surface area contributed by atoms with Crippen molar-refractivity contribution in [1.82, 2.24) is 5.32 Å². The zero-order chi connectivity index (χ0) is 15.0. The van der Waals surface area contributed by atoms with Crippen LogP contribution in [0.5, 0.6) is 0 Å². The summed E-state index contributed by atoms with van der Waals surface area (Å²) in [6.07, 6.45) is 0. The highest BCUT2D eigenvalue weighted by Crippen LogP contribution is 2.38. The van der Waals surface area contributed by atoms with Gasteiger partial charge in [0.25, 0.3) is 0 Å². The first-order chi connectivity index (χ1) is 10.1. The third kappa shape index (κ3) is 2.71. The van der Waals surface area contributed by atoms with Gasteiger partial charge < -0.3 is 5.32 Å². The molecule has 2 aromatic carbocycles. The lowest BCUT2D eigenvalue weighted by Crippen LogP contribution is -2.30. The molecule has 0 aliphatic carbocycles. The van der Waals surface area contributed by atoms with Crippen molar-refractivity contribution in [1.29, 1.82) is 0 Å². The van der Waals surface area contributed by atoms with Crippen LogP contribution < -0.4 is 10.6 Å². The van der Waals surface area contributed by atoms with E-state index in [1.54, 1.807) is 0 Å². The molecule has 0 fully saturated rings. The SMILES string of the molecule is CC(NC1C(=O)Nc2cccc(Br)c21)c1ccccc1Cl. The van der Waals surface area contributed by atoms with E-state index < -0.39 is 0 Å². The summed E-state index contributed by atoms with van der Waals surface area (Å²) in [4.78, 5) is 12.2. The Morgan fingerprint density at radius 1 is 1.24 bits per heavy atom. The first kappa shape index (κ1) is 14.6. The fourth-order valence-electron chi connectivity index (χ4n) is 2.60. The Kier molecular flexibility index (Phi) is 4.02. The van der Waals surface area contributed by atoms with E-state index in [9.17, 15) is 4.79 Å². The first-order valence-electron chi connectivity index (χ1n) is 6.67. The Balaban J connectivity index is 1.90. The summed E-state index contributed by atoms with van der Waals surface area (Å²) in [5.74, 6) is -0.0456. The van der Waals surface area contributed by atoms with Gasteiger partial charge in [0, 0.05) is 26.8 Å². The maximum absolute atomic E-state index is 12.2. The van der Waals surface area contributed by atoms with Crippen molar-refractivity contribution in [3.63, 3.8) is 0 Å². The Morgan fingerprint density at radius 2 is 2.00 bits per heavy atom. The maximum Gasteiger partial charge on any atom is 0.246 e. The molecule has 0 radical (unpaired) electrons. The van der Waals surface area contributed by atoms with Crippen molar-refractivity contribution in [2.24, 2.45) is 0 Å². The second kappa shape index (κ2) is 5.79. The van der Waals surface area contributed by atoms with E-state index >= 15 is 0 Å². The molecule has 0 aromatic heterocycles. The summed E-state index contributed by atoms with van der Waals surface area (Å²) in [6.45, 7) is 2.00. The number of carbonyl (C=O) groups excluding carboxylic acids is 1. The number of rotatable bonds is 3. The molecule has 3 rings (SSSR count). The molecule has 3 nitrogen and oxygen atoms in total. The number of nitrogens with one attached hydrogen (secondary N) is 2. The van der Waals surface area contributed by atoms with Crippen molar-refractivity contribution in [3.05, 3.63) is 63.1 Å². The van der Waals surface area contributed by atoms with Gasteiger partial charge in [-0.25, -0.2) is 0 Å². The normalized spacial score (nSPS) is 18.2. The molecule has 108 valence electrons. The van der Waals surface area contributed by atoms with E-state index in [2.05, 4.69) is 26.6 Å². The van der Waals surface area contributed by atoms with Crippen LogP contribution in [0.1, 0.15) is 30.1 Å². The Hall–Kier alpha value is -1.36. The van der Waals surface area contributed by atoms with Crippen LogP contribution in [-0.4, -0.2) is 5.91 Å². The van der Waals surface area contributed by atoms with Gasteiger partial charge in [0.15, 0.2) is 0 Å². The number of amides is 1. The van der Waals surface area contributed by atoms with Crippen LogP contribution in [-0.2, 0) is 4.79 Å². The van der Waals surface area contributed by atoms with Gasteiger partial charge in [0.05, 0.1) is 0 Å². The molecule has 2 N–H and O–H groups in total. The van der Waals surface area contributed by atoms with Gasteiger partial charge >= 0.3 is 0 Å². The summed E-state index contributed by atoms with van der Waals surface area (Å²) in [5.41, 5.74) is 2.77. The first-order valence-corrected chi connectivity index (χ1v) is 7.85. The summed E-state index contributed by atoms with van der Waals surface area (Å²) in [7, 11) is 0. The average molecular weight is 366 g/mol. The van der Waals surface area contributed by atoms with E-state index in [4.69, 9.17) is 11.6 Å².